The predicted molar refractivity (Wildman–Crippen MR) is 77.4 cm³/mol. The number of hydrogen-bond acceptors (Lipinski definition) is 3. The lowest BCUT2D eigenvalue weighted by atomic mass is 10.2. The molecule has 1 aromatic heterocycles. The molecule has 2 aromatic rings. The molecule has 0 saturated carbocycles. The summed E-state index contributed by atoms with van der Waals surface area (Å²) in [6.45, 7) is 5.80. The van der Waals surface area contributed by atoms with E-state index in [1.807, 2.05) is 18.2 Å². The van der Waals surface area contributed by atoms with Crippen LogP contribution >= 0.6 is 11.3 Å². The van der Waals surface area contributed by atoms with Gasteiger partial charge in [0.25, 0.3) is 0 Å². The molecule has 96 valence electrons. The summed E-state index contributed by atoms with van der Waals surface area (Å²) in [4.78, 5) is 1.37. The van der Waals surface area contributed by atoms with Crippen LogP contribution in [0.15, 0.2) is 41.8 Å². The van der Waals surface area contributed by atoms with Gasteiger partial charge in [0.2, 0.25) is 0 Å². The fourth-order valence-electron chi connectivity index (χ4n) is 1.79. The zero-order valence-corrected chi connectivity index (χ0v) is 11.7. The highest BCUT2D eigenvalue weighted by molar-refractivity contribution is 7.10. The molecular formula is C15H19NOS. The Balaban J connectivity index is 1.72. The van der Waals surface area contributed by atoms with Crippen molar-refractivity contribution in [2.24, 2.45) is 0 Å². The summed E-state index contributed by atoms with van der Waals surface area (Å²) in [5.74, 6) is 0.975. The van der Waals surface area contributed by atoms with E-state index in [1.54, 1.807) is 11.3 Å². The van der Waals surface area contributed by atoms with E-state index >= 15 is 0 Å². The molecule has 18 heavy (non-hydrogen) atoms. The van der Waals surface area contributed by atoms with E-state index in [2.05, 4.69) is 42.7 Å². The Hall–Kier alpha value is -1.32. The highest BCUT2D eigenvalue weighted by atomic mass is 32.1. The Morgan fingerprint density at radius 3 is 2.78 bits per heavy atom. The van der Waals surface area contributed by atoms with Crippen LogP contribution in [0.4, 0.5) is 0 Å². The van der Waals surface area contributed by atoms with Gasteiger partial charge in [0.15, 0.2) is 0 Å². The number of para-hydroxylation sites is 1. The van der Waals surface area contributed by atoms with E-state index in [0.717, 1.165) is 12.3 Å². The SMILES string of the molecule is Cc1ccccc1OCCNC(C)c1cccs1. The third kappa shape index (κ3) is 3.59. The summed E-state index contributed by atoms with van der Waals surface area (Å²) < 4.78 is 5.75. The maximum Gasteiger partial charge on any atom is 0.122 e. The Bertz CT molecular complexity index is 467. The third-order valence-electron chi connectivity index (χ3n) is 2.87. The first-order valence-corrected chi connectivity index (χ1v) is 7.10. The number of aryl methyl sites for hydroxylation is 1. The Morgan fingerprint density at radius 1 is 1.22 bits per heavy atom. The molecule has 0 radical (unpaired) electrons. The maximum absolute atomic E-state index is 5.75. The van der Waals surface area contributed by atoms with Crippen LogP contribution < -0.4 is 10.1 Å². The Morgan fingerprint density at radius 2 is 2.06 bits per heavy atom. The van der Waals surface area contributed by atoms with E-state index in [1.165, 1.54) is 10.4 Å². The predicted octanol–water partition coefficient (Wildman–Crippen LogP) is 3.79. The normalized spacial score (nSPS) is 12.3. The smallest absolute Gasteiger partial charge is 0.122 e. The molecule has 2 rings (SSSR count). The van der Waals surface area contributed by atoms with Crippen LogP contribution in [0.2, 0.25) is 0 Å². The molecule has 3 heteroatoms. The van der Waals surface area contributed by atoms with Crippen molar-refractivity contribution in [3.8, 4) is 5.75 Å². The topological polar surface area (TPSA) is 21.3 Å². The largest absolute Gasteiger partial charge is 0.492 e. The standard InChI is InChI=1S/C15H19NOS/c1-12-6-3-4-7-14(12)17-10-9-16-13(2)15-8-5-11-18-15/h3-8,11,13,16H,9-10H2,1-2H3. The van der Waals surface area contributed by atoms with Crippen molar-refractivity contribution >= 4 is 11.3 Å². The molecule has 0 fully saturated rings. The molecule has 1 aromatic carbocycles. The van der Waals surface area contributed by atoms with Gasteiger partial charge in [-0.25, -0.2) is 0 Å². The molecule has 1 unspecified atom stereocenters. The van der Waals surface area contributed by atoms with Crippen LogP contribution in [0, 0.1) is 6.92 Å². The van der Waals surface area contributed by atoms with E-state index in [-0.39, 0.29) is 0 Å². The van der Waals surface area contributed by atoms with Crippen LogP contribution in [0.3, 0.4) is 0 Å². The van der Waals surface area contributed by atoms with Crippen molar-refractivity contribution in [1.29, 1.82) is 0 Å². The third-order valence-corrected chi connectivity index (χ3v) is 3.93. The van der Waals surface area contributed by atoms with Crippen LogP contribution in [0.25, 0.3) is 0 Å². The number of rotatable bonds is 6. The Labute approximate surface area is 113 Å². The summed E-state index contributed by atoms with van der Waals surface area (Å²) in [5.41, 5.74) is 1.18. The number of ether oxygens (including phenoxy) is 1. The summed E-state index contributed by atoms with van der Waals surface area (Å²) in [5, 5.41) is 5.57. The lowest BCUT2D eigenvalue weighted by Crippen LogP contribution is -2.23. The highest BCUT2D eigenvalue weighted by Crippen LogP contribution is 2.18. The molecule has 0 amide bonds. The minimum atomic E-state index is 0.394. The zero-order valence-electron chi connectivity index (χ0n) is 10.8. The van der Waals surface area contributed by atoms with Crippen LogP contribution in [-0.2, 0) is 0 Å². The fourth-order valence-corrected chi connectivity index (χ4v) is 2.55. The van der Waals surface area contributed by atoms with Gasteiger partial charge in [-0.1, -0.05) is 24.3 Å². The molecular weight excluding hydrogens is 242 g/mol. The van der Waals surface area contributed by atoms with Crippen molar-refractivity contribution in [1.82, 2.24) is 5.32 Å². The van der Waals surface area contributed by atoms with Gasteiger partial charge in [0.1, 0.15) is 12.4 Å². The van der Waals surface area contributed by atoms with Crippen LogP contribution in [0.1, 0.15) is 23.4 Å². The molecule has 0 aliphatic rings. The second-order valence-corrected chi connectivity index (χ2v) is 5.28. The van der Waals surface area contributed by atoms with Crippen molar-refractivity contribution in [3.63, 3.8) is 0 Å². The first kappa shape index (κ1) is 13.1. The zero-order chi connectivity index (χ0) is 12.8. The van der Waals surface area contributed by atoms with E-state index in [9.17, 15) is 0 Å². The lowest BCUT2D eigenvalue weighted by Gasteiger charge is -2.13. The number of hydrogen-bond donors (Lipinski definition) is 1. The van der Waals surface area contributed by atoms with Gasteiger partial charge in [-0.15, -0.1) is 11.3 Å². The molecule has 0 aliphatic heterocycles. The van der Waals surface area contributed by atoms with Gasteiger partial charge in [-0.3, -0.25) is 0 Å². The average molecular weight is 261 g/mol. The molecule has 1 heterocycles. The summed E-state index contributed by atoms with van der Waals surface area (Å²) in [6, 6.07) is 12.7. The van der Waals surface area contributed by atoms with E-state index < -0.39 is 0 Å². The molecule has 0 bridgehead atoms. The summed E-state index contributed by atoms with van der Waals surface area (Å²) in [7, 11) is 0. The highest BCUT2D eigenvalue weighted by Gasteiger charge is 2.04. The minimum Gasteiger partial charge on any atom is -0.492 e. The first-order valence-electron chi connectivity index (χ1n) is 6.22. The molecule has 1 N–H and O–H groups in total. The van der Waals surface area contributed by atoms with E-state index in [4.69, 9.17) is 4.74 Å². The second-order valence-electron chi connectivity index (χ2n) is 4.31. The first-order chi connectivity index (χ1) is 8.77. The second kappa shape index (κ2) is 6.57. The fraction of sp³-hybridized carbons (Fsp3) is 0.333. The van der Waals surface area contributed by atoms with Crippen molar-refractivity contribution in [3.05, 3.63) is 52.2 Å². The summed E-state index contributed by atoms with van der Waals surface area (Å²) >= 11 is 1.78. The van der Waals surface area contributed by atoms with Crippen molar-refractivity contribution < 1.29 is 4.74 Å². The van der Waals surface area contributed by atoms with Crippen LogP contribution in [0.5, 0.6) is 5.75 Å². The summed E-state index contributed by atoms with van der Waals surface area (Å²) in [6.07, 6.45) is 0. The molecule has 2 nitrogen and oxygen atoms in total. The van der Waals surface area contributed by atoms with Gasteiger partial charge in [-0.05, 0) is 36.9 Å². The van der Waals surface area contributed by atoms with Gasteiger partial charge >= 0.3 is 0 Å². The van der Waals surface area contributed by atoms with Gasteiger partial charge in [-0.2, -0.15) is 0 Å². The Kier molecular flexibility index (Phi) is 4.79. The monoisotopic (exact) mass is 261 g/mol. The van der Waals surface area contributed by atoms with Gasteiger partial charge in [0, 0.05) is 17.5 Å². The molecule has 0 aliphatic carbocycles. The van der Waals surface area contributed by atoms with Gasteiger partial charge in [0.05, 0.1) is 0 Å². The number of thiophene rings is 1. The lowest BCUT2D eigenvalue weighted by molar-refractivity contribution is 0.306. The van der Waals surface area contributed by atoms with E-state index in [0.29, 0.717) is 12.6 Å². The number of benzene rings is 1. The molecule has 0 saturated heterocycles. The number of nitrogens with one attached hydrogen (secondary N) is 1. The average Bonchev–Trinajstić information content (AvgIpc) is 2.90. The minimum absolute atomic E-state index is 0.394. The quantitative estimate of drug-likeness (QED) is 0.799. The molecule has 0 spiro atoms. The van der Waals surface area contributed by atoms with Crippen molar-refractivity contribution in [2.75, 3.05) is 13.2 Å². The van der Waals surface area contributed by atoms with Gasteiger partial charge < -0.3 is 10.1 Å². The van der Waals surface area contributed by atoms with Crippen LogP contribution in [-0.4, -0.2) is 13.2 Å². The van der Waals surface area contributed by atoms with Crippen molar-refractivity contribution in [2.45, 2.75) is 19.9 Å². The molecule has 1 atom stereocenters. The maximum atomic E-state index is 5.75.